The number of carbonyl (C=O) groups is 2. The van der Waals surface area contributed by atoms with E-state index in [2.05, 4.69) is 30.7 Å². The van der Waals surface area contributed by atoms with Gasteiger partial charge in [0.2, 0.25) is 0 Å². The molecule has 2 heterocycles. The van der Waals surface area contributed by atoms with Gasteiger partial charge in [0.1, 0.15) is 5.82 Å². The molecule has 1 saturated heterocycles. The highest BCUT2D eigenvalue weighted by Gasteiger charge is 2.51. The van der Waals surface area contributed by atoms with Crippen molar-refractivity contribution < 1.29 is 14.7 Å². The summed E-state index contributed by atoms with van der Waals surface area (Å²) < 4.78 is 1.96. The van der Waals surface area contributed by atoms with Gasteiger partial charge in [-0.25, -0.2) is 4.98 Å². The van der Waals surface area contributed by atoms with Crippen molar-refractivity contribution in [1.29, 1.82) is 0 Å². The van der Waals surface area contributed by atoms with Gasteiger partial charge in [-0.3, -0.25) is 9.59 Å². The third-order valence-corrected chi connectivity index (χ3v) is 6.62. The van der Waals surface area contributed by atoms with Gasteiger partial charge < -0.3 is 14.6 Å². The quantitative estimate of drug-likeness (QED) is 0.824. The van der Waals surface area contributed by atoms with Crippen molar-refractivity contribution in [3.8, 4) is 0 Å². The first-order chi connectivity index (χ1) is 13.6. The lowest BCUT2D eigenvalue weighted by Crippen LogP contribution is -2.37. The standard InChI is InChI=1S/C23H31N3O3/c1-5-19-24-17-10-15(6-7-18(17)25(19)9-8-20(27)28)21(29)26-14-23(4)12-16(26)11-22(2,3)13-23/h6-7,10,16H,5,8-9,11-14H2,1-4H3,(H,27,28). The van der Waals surface area contributed by atoms with Crippen molar-refractivity contribution in [1.82, 2.24) is 14.5 Å². The largest absolute Gasteiger partial charge is 0.481 e. The van der Waals surface area contributed by atoms with Crippen LogP contribution in [-0.2, 0) is 17.8 Å². The summed E-state index contributed by atoms with van der Waals surface area (Å²) in [4.78, 5) is 31.1. The lowest BCUT2D eigenvalue weighted by Gasteiger charge is -2.39. The number of imidazole rings is 1. The highest BCUT2D eigenvalue weighted by atomic mass is 16.4. The number of hydrogen-bond acceptors (Lipinski definition) is 3. The fourth-order valence-electron chi connectivity index (χ4n) is 5.90. The van der Waals surface area contributed by atoms with E-state index in [9.17, 15) is 9.59 Å². The number of hydrogen-bond donors (Lipinski definition) is 1. The van der Waals surface area contributed by atoms with Crippen LogP contribution in [0.5, 0.6) is 0 Å². The number of carbonyl (C=O) groups excluding carboxylic acids is 1. The molecule has 1 aliphatic carbocycles. The Balaban J connectivity index is 1.63. The molecule has 1 saturated carbocycles. The van der Waals surface area contributed by atoms with E-state index in [0.29, 0.717) is 18.2 Å². The second-order valence-electron chi connectivity index (χ2n) is 10.0. The smallest absolute Gasteiger partial charge is 0.305 e. The molecule has 1 aliphatic heterocycles. The molecule has 2 aromatic rings. The van der Waals surface area contributed by atoms with Gasteiger partial charge in [-0.2, -0.15) is 0 Å². The summed E-state index contributed by atoms with van der Waals surface area (Å²) in [5, 5.41) is 9.03. The second kappa shape index (κ2) is 6.85. The third kappa shape index (κ3) is 3.65. The van der Waals surface area contributed by atoms with E-state index in [4.69, 9.17) is 5.11 Å². The van der Waals surface area contributed by atoms with E-state index in [1.165, 1.54) is 0 Å². The molecule has 1 aromatic heterocycles. The van der Waals surface area contributed by atoms with E-state index in [0.717, 1.165) is 49.1 Å². The lowest BCUT2D eigenvalue weighted by atomic mass is 9.65. The van der Waals surface area contributed by atoms with Crippen LogP contribution in [0.25, 0.3) is 11.0 Å². The van der Waals surface area contributed by atoms with Gasteiger partial charge in [0, 0.05) is 31.1 Å². The minimum atomic E-state index is -0.822. The number of rotatable bonds is 5. The Morgan fingerprint density at radius 1 is 1.24 bits per heavy atom. The number of aliphatic carboxylic acids is 1. The molecule has 4 rings (SSSR count). The molecule has 0 spiro atoms. The Morgan fingerprint density at radius 3 is 2.69 bits per heavy atom. The highest BCUT2D eigenvalue weighted by molar-refractivity contribution is 5.98. The summed E-state index contributed by atoms with van der Waals surface area (Å²) in [5.74, 6) is 0.130. The number of amides is 1. The average molecular weight is 398 g/mol. The number of carboxylic acid groups (broad SMARTS) is 1. The minimum absolute atomic E-state index is 0.0585. The summed E-state index contributed by atoms with van der Waals surface area (Å²) in [7, 11) is 0. The molecule has 1 N–H and O–H groups in total. The van der Waals surface area contributed by atoms with Crippen molar-refractivity contribution in [3.63, 3.8) is 0 Å². The van der Waals surface area contributed by atoms with E-state index in [-0.39, 0.29) is 23.2 Å². The summed E-state index contributed by atoms with van der Waals surface area (Å²) in [6.45, 7) is 10.2. The Morgan fingerprint density at radius 2 is 2.00 bits per heavy atom. The monoisotopic (exact) mass is 397 g/mol. The molecular formula is C23H31N3O3. The van der Waals surface area contributed by atoms with Crippen LogP contribution in [0.15, 0.2) is 18.2 Å². The Hall–Kier alpha value is -2.37. The van der Waals surface area contributed by atoms with Crippen molar-refractivity contribution in [3.05, 3.63) is 29.6 Å². The number of aryl methyl sites for hydroxylation is 2. The van der Waals surface area contributed by atoms with Crippen LogP contribution in [0.3, 0.4) is 0 Å². The predicted molar refractivity (Wildman–Crippen MR) is 112 cm³/mol. The molecule has 0 radical (unpaired) electrons. The van der Waals surface area contributed by atoms with E-state index in [1.54, 1.807) is 0 Å². The van der Waals surface area contributed by atoms with E-state index >= 15 is 0 Å². The van der Waals surface area contributed by atoms with Crippen LogP contribution >= 0.6 is 0 Å². The average Bonchev–Trinajstić information content (AvgIpc) is 3.11. The van der Waals surface area contributed by atoms with Crippen molar-refractivity contribution in [2.45, 2.75) is 72.4 Å². The van der Waals surface area contributed by atoms with Gasteiger partial charge in [-0.15, -0.1) is 0 Å². The number of nitrogens with zero attached hydrogens (tertiary/aromatic N) is 3. The Labute approximate surface area is 171 Å². The zero-order valence-corrected chi connectivity index (χ0v) is 17.9. The molecular weight excluding hydrogens is 366 g/mol. The van der Waals surface area contributed by atoms with Gasteiger partial charge in [-0.05, 0) is 48.3 Å². The number of fused-ring (bicyclic) bond motifs is 3. The van der Waals surface area contributed by atoms with Crippen molar-refractivity contribution in [2.24, 2.45) is 10.8 Å². The lowest BCUT2D eigenvalue weighted by molar-refractivity contribution is -0.137. The maximum absolute atomic E-state index is 13.4. The van der Waals surface area contributed by atoms with Gasteiger partial charge in [0.15, 0.2) is 0 Å². The molecule has 29 heavy (non-hydrogen) atoms. The molecule has 1 amide bonds. The first kappa shape index (κ1) is 19.9. The van der Waals surface area contributed by atoms with Gasteiger partial charge in [0.25, 0.3) is 5.91 Å². The van der Waals surface area contributed by atoms with Gasteiger partial charge in [-0.1, -0.05) is 27.7 Å². The van der Waals surface area contributed by atoms with E-state index in [1.807, 2.05) is 29.7 Å². The molecule has 2 fully saturated rings. The summed E-state index contributed by atoms with van der Waals surface area (Å²) in [5.41, 5.74) is 2.83. The second-order valence-corrected chi connectivity index (χ2v) is 10.0. The van der Waals surface area contributed by atoms with Gasteiger partial charge in [0.05, 0.1) is 17.5 Å². The zero-order chi connectivity index (χ0) is 21.0. The predicted octanol–water partition coefficient (Wildman–Crippen LogP) is 4.11. The Bertz CT molecular complexity index is 977. The number of aromatic nitrogens is 2. The topological polar surface area (TPSA) is 75.4 Å². The minimum Gasteiger partial charge on any atom is -0.481 e. The molecule has 6 nitrogen and oxygen atoms in total. The molecule has 2 unspecified atom stereocenters. The van der Waals surface area contributed by atoms with Gasteiger partial charge >= 0.3 is 5.97 Å². The van der Waals surface area contributed by atoms with Crippen LogP contribution in [0.2, 0.25) is 0 Å². The third-order valence-electron chi connectivity index (χ3n) is 6.62. The molecule has 156 valence electrons. The molecule has 2 atom stereocenters. The maximum Gasteiger partial charge on any atom is 0.305 e. The summed E-state index contributed by atoms with van der Waals surface area (Å²) in [6.07, 6.45) is 4.09. The molecule has 2 aliphatic rings. The summed E-state index contributed by atoms with van der Waals surface area (Å²) >= 11 is 0. The zero-order valence-electron chi connectivity index (χ0n) is 17.9. The van der Waals surface area contributed by atoms with Crippen LogP contribution < -0.4 is 0 Å². The van der Waals surface area contributed by atoms with Crippen LogP contribution in [0.1, 0.15) is 69.6 Å². The normalized spacial score (nSPS) is 25.5. The SMILES string of the molecule is CCc1nc2cc(C(=O)N3CC4(C)CC3CC(C)(C)C4)ccc2n1CCC(=O)O. The fourth-order valence-corrected chi connectivity index (χ4v) is 5.90. The Kier molecular flexibility index (Phi) is 4.71. The molecule has 1 aromatic carbocycles. The molecule has 6 heteroatoms. The fraction of sp³-hybridized carbons (Fsp3) is 0.609. The van der Waals surface area contributed by atoms with Crippen molar-refractivity contribution >= 4 is 22.9 Å². The first-order valence-corrected chi connectivity index (χ1v) is 10.6. The van der Waals surface area contributed by atoms with Crippen LogP contribution in [-0.4, -0.2) is 44.0 Å². The number of benzene rings is 1. The number of likely N-dealkylation sites (tertiary alicyclic amines) is 1. The molecule has 2 bridgehead atoms. The number of carboxylic acids is 1. The first-order valence-electron chi connectivity index (χ1n) is 10.6. The highest BCUT2D eigenvalue weighted by Crippen LogP contribution is 2.52. The van der Waals surface area contributed by atoms with Crippen molar-refractivity contribution in [2.75, 3.05) is 6.54 Å². The maximum atomic E-state index is 13.4. The van der Waals surface area contributed by atoms with Crippen LogP contribution in [0.4, 0.5) is 0 Å². The van der Waals surface area contributed by atoms with Crippen LogP contribution in [0, 0.1) is 10.8 Å². The summed E-state index contributed by atoms with van der Waals surface area (Å²) in [6, 6.07) is 5.99. The van der Waals surface area contributed by atoms with E-state index < -0.39 is 5.97 Å².